The first-order chi connectivity index (χ1) is 19.6. The van der Waals surface area contributed by atoms with Crippen molar-refractivity contribution >= 4 is 38.5 Å². The second-order valence-electron chi connectivity index (χ2n) is 11.2. The summed E-state index contributed by atoms with van der Waals surface area (Å²) < 4.78 is 8.12. The summed E-state index contributed by atoms with van der Waals surface area (Å²) in [7, 11) is 0. The molecular formula is C36H28N2O2. The molecule has 1 aromatic heterocycles. The first-order valence-corrected chi connectivity index (χ1v) is 14.0. The van der Waals surface area contributed by atoms with Crippen molar-refractivity contribution in [3.8, 4) is 22.8 Å². The number of rotatable bonds is 4. The number of allylic oxidation sites excluding steroid dienone is 2. The molecule has 4 nitrogen and oxygen atoms in total. The van der Waals surface area contributed by atoms with E-state index in [-0.39, 0.29) is 11.9 Å². The Bertz CT molecular complexity index is 1970. The van der Waals surface area contributed by atoms with Gasteiger partial charge in [0.25, 0.3) is 0 Å². The molecule has 2 aliphatic carbocycles. The second-order valence-corrected chi connectivity index (χ2v) is 11.2. The Morgan fingerprint density at radius 2 is 1.45 bits per heavy atom. The molecule has 0 spiro atoms. The maximum atomic E-state index is 13.0. The minimum Gasteiger partial charge on any atom is -0.426 e. The number of nitrogens with zero attached hydrogens (tertiary/aromatic N) is 2. The van der Waals surface area contributed by atoms with E-state index in [1.54, 1.807) is 0 Å². The van der Waals surface area contributed by atoms with Crippen molar-refractivity contribution in [2.24, 2.45) is 17.8 Å². The van der Waals surface area contributed by atoms with Crippen LogP contribution in [-0.2, 0) is 4.79 Å². The first kappa shape index (κ1) is 23.2. The maximum Gasteiger partial charge on any atom is 0.314 e. The second kappa shape index (κ2) is 8.92. The largest absolute Gasteiger partial charge is 0.426 e. The van der Waals surface area contributed by atoms with Crippen LogP contribution in [0.2, 0.25) is 0 Å². The molecule has 6 aromatic rings. The van der Waals surface area contributed by atoms with Gasteiger partial charge in [-0.05, 0) is 66.6 Å². The third-order valence-electron chi connectivity index (χ3n) is 8.74. The van der Waals surface area contributed by atoms with Gasteiger partial charge in [0, 0.05) is 22.0 Å². The Kier molecular flexibility index (Phi) is 5.18. The lowest BCUT2D eigenvalue weighted by atomic mass is 9.94. The average Bonchev–Trinajstić information content (AvgIpc) is 3.73. The lowest BCUT2D eigenvalue weighted by Gasteiger charge is -2.17. The molecule has 8 rings (SSSR count). The Hall–Kier alpha value is -4.70. The predicted molar refractivity (Wildman–Crippen MR) is 161 cm³/mol. The number of benzene rings is 5. The standard InChI is InChI=1S/C36H28N2O2/c1-22-10-13-24(14-11-22)35-37-33-30-8-4-2-6-28(30)29-7-3-5-9-31(29)34(33)38(35)26-16-18-27(19-17-26)40-36(39)32-21-23-12-15-25(32)20-23/h2-19,23,25,32H,20-21H2,1H3. The molecule has 1 fully saturated rings. The molecular weight excluding hydrogens is 492 g/mol. The van der Waals surface area contributed by atoms with Crippen molar-refractivity contribution in [1.29, 1.82) is 0 Å². The van der Waals surface area contributed by atoms with Gasteiger partial charge in [-0.3, -0.25) is 9.36 Å². The highest BCUT2D eigenvalue weighted by Gasteiger charge is 2.41. The molecule has 2 bridgehead atoms. The number of ether oxygens (including phenoxy) is 1. The Morgan fingerprint density at radius 1 is 0.775 bits per heavy atom. The summed E-state index contributed by atoms with van der Waals surface area (Å²) >= 11 is 0. The molecule has 1 heterocycles. The van der Waals surface area contributed by atoms with Crippen molar-refractivity contribution < 1.29 is 9.53 Å². The topological polar surface area (TPSA) is 44.1 Å². The fourth-order valence-electron chi connectivity index (χ4n) is 6.76. The van der Waals surface area contributed by atoms with Gasteiger partial charge in [0.1, 0.15) is 11.6 Å². The van der Waals surface area contributed by atoms with Crippen LogP contribution in [0, 0.1) is 24.7 Å². The Balaban J connectivity index is 1.30. The molecule has 4 heteroatoms. The van der Waals surface area contributed by atoms with Gasteiger partial charge >= 0.3 is 5.97 Å². The van der Waals surface area contributed by atoms with Crippen molar-refractivity contribution in [1.82, 2.24) is 9.55 Å². The average molecular weight is 521 g/mol. The molecule has 0 N–H and O–H groups in total. The monoisotopic (exact) mass is 520 g/mol. The number of carbonyl (C=O) groups is 1. The van der Waals surface area contributed by atoms with E-state index >= 15 is 0 Å². The third kappa shape index (κ3) is 3.60. The zero-order chi connectivity index (χ0) is 26.8. The van der Waals surface area contributed by atoms with Crippen molar-refractivity contribution in [2.45, 2.75) is 19.8 Å². The van der Waals surface area contributed by atoms with Crippen molar-refractivity contribution in [3.63, 3.8) is 0 Å². The normalized spacial score (nSPS) is 19.7. The molecule has 40 heavy (non-hydrogen) atoms. The first-order valence-electron chi connectivity index (χ1n) is 14.0. The molecule has 1 saturated carbocycles. The highest BCUT2D eigenvalue weighted by molar-refractivity contribution is 6.24. The Labute approximate surface area is 232 Å². The highest BCUT2D eigenvalue weighted by atomic mass is 16.5. The lowest BCUT2D eigenvalue weighted by molar-refractivity contribution is -0.139. The molecule has 3 unspecified atom stereocenters. The van der Waals surface area contributed by atoms with E-state index < -0.39 is 0 Å². The van der Waals surface area contributed by atoms with E-state index in [0.29, 0.717) is 17.6 Å². The van der Waals surface area contributed by atoms with E-state index in [0.717, 1.165) is 51.7 Å². The van der Waals surface area contributed by atoms with Crippen LogP contribution in [0.15, 0.2) is 109 Å². The number of hydrogen-bond acceptors (Lipinski definition) is 3. The zero-order valence-electron chi connectivity index (χ0n) is 22.2. The van der Waals surface area contributed by atoms with Crippen molar-refractivity contribution in [3.05, 3.63) is 115 Å². The van der Waals surface area contributed by atoms with Crippen LogP contribution < -0.4 is 4.74 Å². The van der Waals surface area contributed by atoms with E-state index in [2.05, 4.69) is 96.4 Å². The quantitative estimate of drug-likeness (QED) is 0.101. The van der Waals surface area contributed by atoms with E-state index in [1.807, 2.05) is 24.3 Å². The van der Waals surface area contributed by atoms with Crippen LogP contribution in [0.5, 0.6) is 5.75 Å². The molecule has 0 radical (unpaired) electrons. The number of fused-ring (bicyclic) bond motifs is 8. The van der Waals surface area contributed by atoms with Crippen LogP contribution >= 0.6 is 0 Å². The van der Waals surface area contributed by atoms with Crippen LogP contribution in [-0.4, -0.2) is 15.5 Å². The van der Waals surface area contributed by atoms with Crippen molar-refractivity contribution in [2.75, 3.05) is 0 Å². The summed E-state index contributed by atoms with van der Waals surface area (Å²) in [5, 5.41) is 4.69. The van der Waals surface area contributed by atoms with E-state index in [1.165, 1.54) is 16.3 Å². The van der Waals surface area contributed by atoms with Gasteiger partial charge in [0.05, 0.1) is 17.0 Å². The summed E-state index contributed by atoms with van der Waals surface area (Å²) in [6.45, 7) is 2.10. The van der Waals surface area contributed by atoms with E-state index in [9.17, 15) is 4.79 Å². The molecule has 3 atom stereocenters. The molecule has 0 aliphatic heterocycles. The van der Waals surface area contributed by atoms with Crippen LogP contribution in [0.1, 0.15) is 18.4 Å². The van der Waals surface area contributed by atoms with Gasteiger partial charge in [-0.25, -0.2) is 4.98 Å². The minimum atomic E-state index is -0.115. The van der Waals surface area contributed by atoms with Gasteiger partial charge in [-0.1, -0.05) is 90.5 Å². The van der Waals surface area contributed by atoms with Gasteiger partial charge in [-0.2, -0.15) is 0 Å². The molecule has 5 aromatic carbocycles. The van der Waals surface area contributed by atoms with E-state index in [4.69, 9.17) is 9.72 Å². The molecule has 0 saturated heterocycles. The minimum absolute atomic E-state index is 0.0277. The maximum absolute atomic E-state index is 13.0. The predicted octanol–water partition coefficient (Wildman–Crippen LogP) is 8.42. The third-order valence-corrected chi connectivity index (χ3v) is 8.74. The molecule has 194 valence electrons. The van der Waals surface area contributed by atoms with Gasteiger partial charge in [-0.15, -0.1) is 0 Å². The summed E-state index contributed by atoms with van der Waals surface area (Å²) in [6, 6.07) is 33.5. The Morgan fingerprint density at radius 3 is 2.12 bits per heavy atom. The fourth-order valence-corrected chi connectivity index (χ4v) is 6.76. The van der Waals surface area contributed by atoms with Gasteiger partial charge < -0.3 is 4.74 Å². The summed E-state index contributed by atoms with van der Waals surface area (Å²) in [4.78, 5) is 18.2. The number of imidazole rings is 1. The number of aromatic nitrogens is 2. The zero-order valence-corrected chi connectivity index (χ0v) is 22.2. The van der Waals surface area contributed by atoms with Crippen LogP contribution in [0.3, 0.4) is 0 Å². The highest BCUT2D eigenvalue weighted by Crippen LogP contribution is 2.44. The molecule has 0 amide bonds. The summed E-state index contributed by atoms with van der Waals surface area (Å²) in [5.74, 6) is 2.18. The fraction of sp³-hybridized carbons (Fsp3) is 0.167. The van der Waals surface area contributed by atoms with Gasteiger partial charge in [0.2, 0.25) is 0 Å². The number of esters is 1. The smallest absolute Gasteiger partial charge is 0.314 e. The summed E-state index contributed by atoms with van der Waals surface area (Å²) in [5.41, 5.74) is 5.28. The van der Waals surface area contributed by atoms with Crippen LogP contribution in [0.4, 0.5) is 0 Å². The number of carbonyl (C=O) groups excluding carboxylic acids is 1. The number of aryl methyl sites for hydroxylation is 1. The van der Waals surface area contributed by atoms with Crippen LogP contribution in [0.25, 0.3) is 49.7 Å². The molecule has 2 aliphatic rings. The summed E-state index contributed by atoms with van der Waals surface area (Å²) in [6.07, 6.45) is 6.42. The lowest BCUT2D eigenvalue weighted by Crippen LogP contribution is -2.23. The SMILES string of the molecule is Cc1ccc(-c2nc3c4ccccc4c4ccccc4c3n2-c2ccc(OC(=O)C3CC4C=CC3C4)cc2)cc1. The number of hydrogen-bond donors (Lipinski definition) is 0. The van der Waals surface area contributed by atoms with Gasteiger partial charge in [0.15, 0.2) is 0 Å².